The molecule has 16 heavy (non-hydrogen) atoms. The minimum Gasteiger partial charge on any atom is -0.297 e. The van der Waals surface area contributed by atoms with Gasteiger partial charge >= 0.3 is 0 Å². The van der Waals surface area contributed by atoms with E-state index in [0.29, 0.717) is 18.6 Å². The van der Waals surface area contributed by atoms with Crippen molar-refractivity contribution in [3.8, 4) is 0 Å². The van der Waals surface area contributed by atoms with Crippen LogP contribution in [0, 0.1) is 4.91 Å². The fraction of sp³-hybridized carbons (Fsp3) is 1.00. The Hall–Kier alpha value is -0.640. The first kappa shape index (κ1) is 15.4. The van der Waals surface area contributed by atoms with Gasteiger partial charge in [-0.15, -0.1) is 4.91 Å². The molecule has 0 aliphatic rings. The first-order valence-corrected chi connectivity index (χ1v) is 6.06. The lowest BCUT2D eigenvalue weighted by molar-refractivity contribution is 0.0937. The van der Waals surface area contributed by atoms with E-state index in [2.05, 4.69) is 37.9 Å². The summed E-state index contributed by atoms with van der Waals surface area (Å²) in [4.78, 5) is 13.1. The second kappa shape index (κ2) is 6.18. The predicted molar refractivity (Wildman–Crippen MR) is 69.2 cm³/mol. The van der Waals surface area contributed by atoms with E-state index in [1.807, 2.05) is 20.8 Å². The largest absolute Gasteiger partial charge is 0.297 e. The van der Waals surface area contributed by atoms with Crippen LogP contribution in [0.2, 0.25) is 0 Å². The average Bonchev–Trinajstić information content (AvgIpc) is 2.08. The lowest BCUT2D eigenvalue weighted by Gasteiger charge is -2.35. The predicted octanol–water partition coefficient (Wildman–Crippen LogP) is 2.89. The lowest BCUT2D eigenvalue weighted by atomic mass is 10.1. The van der Waals surface area contributed by atoms with Crippen LogP contribution in [0.4, 0.5) is 0 Å². The number of hydrogen-bond acceptors (Lipinski definition) is 3. The van der Waals surface area contributed by atoms with Gasteiger partial charge in [0.05, 0.1) is 17.4 Å². The molecule has 0 unspecified atom stereocenters. The summed E-state index contributed by atoms with van der Waals surface area (Å²) in [5.74, 6) is 0. The average molecular weight is 229 g/mol. The second-order valence-corrected chi connectivity index (χ2v) is 5.80. The van der Waals surface area contributed by atoms with Gasteiger partial charge in [-0.1, -0.05) is 0 Å². The molecule has 0 aromatic rings. The summed E-state index contributed by atoms with van der Waals surface area (Å²) in [6, 6.07) is 0.988. The van der Waals surface area contributed by atoms with Gasteiger partial charge in [-0.05, 0) is 48.5 Å². The van der Waals surface area contributed by atoms with Crippen molar-refractivity contribution in [3.63, 3.8) is 0 Å². The third-order valence-electron chi connectivity index (χ3n) is 2.77. The minimum absolute atomic E-state index is 0.193. The van der Waals surface area contributed by atoms with Crippen LogP contribution in [0.15, 0.2) is 5.29 Å². The van der Waals surface area contributed by atoms with Crippen molar-refractivity contribution in [1.82, 2.24) is 9.91 Å². The van der Waals surface area contributed by atoms with Crippen molar-refractivity contribution < 1.29 is 0 Å². The molecule has 0 aliphatic carbocycles. The van der Waals surface area contributed by atoms with Gasteiger partial charge in [0, 0.05) is 18.6 Å². The molecule has 0 amide bonds. The number of nitroso groups, excluding NO2 is 1. The van der Waals surface area contributed by atoms with Gasteiger partial charge in [-0.2, -0.15) is 0 Å². The van der Waals surface area contributed by atoms with Gasteiger partial charge in [-0.3, -0.25) is 9.91 Å². The molecule has 4 heteroatoms. The zero-order valence-corrected chi connectivity index (χ0v) is 11.8. The molecule has 0 bridgehead atoms. The highest BCUT2D eigenvalue weighted by atomic mass is 16.3. The maximum Gasteiger partial charge on any atom is 0.0529 e. The molecule has 96 valence electrons. The highest BCUT2D eigenvalue weighted by Crippen LogP contribution is 2.14. The Kier molecular flexibility index (Phi) is 5.94. The Labute approximate surface area is 99.9 Å². The second-order valence-electron chi connectivity index (χ2n) is 5.80. The van der Waals surface area contributed by atoms with Crippen molar-refractivity contribution in [2.45, 2.75) is 66.1 Å². The molecular weight excluding hydrogens is 202 g/mol. The van der Waals surface area contributed by atoms with E-state index in [4.69, 9.17) is 0 Å². The van der Waals surface area contributed by atoms with Crippen LogP contribution in [-0.4, -0.2) is 40.6 Å². The first-order valence-electron chi connectivity index (χ1n) is 6.06. The summed E-state index contributed by atoms with van der Waals surface area (Å²) in [6.07, 6.45) is 0. The molecule has 0 saturated heterocycles. The van der Waals surface area contributed by atoms with Gasteiger partial charge in [-0.25, -0.2) is 0 Å². The van der Waals surface area contributed by atoms with E-state index in [0.717, 1.165) is 6.54 Å². The summed E-state index contributed by atoms with van der Waals surface area (Å²) >= 11 is 0. The van der Waals surface area contributed by atoms with Gasteiger partial charge in [0.25, 0.3) is 0 Å². The normalized spacial score (nSPS) is 12.6. The fourth-order valence-corrected chi connectivity index (χ4v) is 1.82. The van der Waals surface area contributed by atoms with Gasteiger partial charge in [0.2, 0.25) is 0 Å². The highest BCUT2D eigenvalue weighted by Gasteiger charge is 2.22. The van der Waals surface area contributed by atoms with Crippen LogP contribution in [0.1, 0.15) is 48.5 Å². The quantitative estimate of drug-likeness (QED) is 0.519. The molecule has 0 aromatic carbocycles. The van der Waals surface area contributed by atoms with Crippen molar-refractivity contribution >= 4 is 0 Å². The molecular formula is C12H27N3O. The van der Waals surface area contributed by atoms with Crippen LogP contribution < -0.4 is 0 Å². The molecule has 0 atom stereocenters. The topological polar surface area (TPSA) is 35.9 Å². The summed E-state index contributed by atoms with van der Waals surface area (Å²) in [6.45, 7) is 16.3. The van der Waals surface area contributed by atoms with Gasteiger partial charge < -0.3 is 0 Å². The van der Waals surface area contributed by atoms with Gasteiger partial charge in [0.1, 0.15) is 0 Å². The maximum absolute atomic E-state index is 10.8. The number of hydrogen-bond donors (Lipinski definition) is 0. The van der Waals surface area contributed by atoms with E-state index in [-0.39, 0.29) is 5.54 Å². The summed E-state index contributed by atoms with van der Waals surface area (Å²) in [7, 11) is 0. The van der Waals surface area contributed by atoms with Gasteiger partial charge in [0.15, 0.2) is 0 Å². The maximum atomic E-state index is 10.8. The lowest BCUT2D eigenvalue weighted by Crippen LogP contribution is -2.45. The van der Waals surface area contributed by atoms with Crippen LogP contribution in [-0.2, 0) is 0 Å². The van der Waals surface area contributed by atoms with E-state index < -0.39 is 0 Å². The summed E-state index contributed by atoms with van der Waals surface area (Å²) < 4.78 is 0. The molecule has 4 nitrogen and oxygen atoms in total. The Morgan fingerprint density at radius 3 is 1.69 bits per heavy atom. The molecule has 0 fully saturated rings. The SMILES string of the molecule is CC(C)N(CCN(N=O)C(C)(C)C)C(C)C. The van der Waals surface area contributed by atoms with Crippen molar-refractivity contribution in [2.24, 2.45) is 5.29 Å². The standard InChI is InChI=1S/C12H27N3O/c1-10(2)14(11(3)4)8-9-15(13-16)12(5,6)7/h10-11H,8-9H2,1-7H3. The Bertz CT molecular complexity index is 201. The third kappa shape index (κ3) is 4.92. The van der Waals surface area contributed by atoms with Crippen molar-refractivity contribution in [2.75, 3.05) is 13.1 Å². The molecule has 0 radical (unpaired) electrons. The van der Waals surface area contributed by atoms with Crippen LogP contribution in [0.3, 0.4) is 0 Å². The monoisotopic (exact) mass is 229 g/mol. The molecule has 0 aromatic heterocycles. The third-order valence-corrected chi connectivity index (χ3v) is 2.77. The Balaban J connectivity index is 4.34. The van der Waals surface area contributed by atoms with E-state index in [9.17, 15) is 4.91 Å². The fourth-order valence-electron chi connectivity index (χ4n) is 1.82. The van der Waals surface area contributed by atoms with Crippen LogP contribution in [0.5, 0.6) is 0 Å². The zero-order valence-electron chi connectivity index (χ0n) is 11.8. The van der Waals surface area contributed by atoms with Crippen LogP contribution >= 0.6 is 0 Å². The highest BCUT2D eigenvalue weighted by molar-refractivity contribution is 4.76. The molecule has 0 aliphatic heterocycles. The smallest absolute Gasteiger partial charge is 0.0529 e. The zero-order chi connectivity index (χ0) is 12.9. The van der Waals surface area contributed by atoms with E-state index in [1.54, 1.807) is 5.01 Å². The summed E-state index contributed by atoms with van der Waals surface area (Å²) in [5.41, 5.74) is -0.193. The van der Waals surface area contributed by atoms with Crippen LogP contribution in [0.25, 0.3) is 0 Å². The Morgan fingerprint density at radius 1 is 1.00 bits per heavy atom. The van der Waals surface area contributed by atoms with Crippen molar-refractivity contribution in [1.29, 1.82) is 0 Å². The van der Waals surface area contributed by atoms with E-state index in [1.165, 1.54) is 0 Å². The number of rotatable bonds is 6. The summed E-state index contributed by atoms with van der Waals surface area (Å²) in [5, 5.41) is 4.72. The number of nitrogens with zero attached hydrogens (tertiary/aromatic N) is 3. The van der Waals surface area contributed by atoms with E-state index >= 15 is 0 Å². The first-order chi connectivity index (χ1) is 7.20. The molecule has 0 rings (SSSR count). The molecule has 0 saturated carbocycles. The molecule has 0 spiro atoms. The molecule has 0 N–H and O–H groups in total. The Morgan fingerprint density at radius 2 is 1.44 bits per heavy atom. The van der Waals surface area contributed by atoms with Crippen molar-refractivity contribution in [3.05, 3.63) is 4.91 Å². The molecule has 0 heterocycles. The minimum atomic E-state index is -0.193.